The fraction of sp³-hybridized carbons (Fsp3) is 0.200. The summed E-state index contributed by atoms with van der Waals surface area (Å²) in [4.78, 5) is 28.1. The van der Waals surface area contributed by atoms with Crippen molar-refractivity contribution in [1.29, 1.82) is 0 Å². The van der Waals surface area contributed by atoms with Crippen LogP contribution >= 0.6 is 0 Å². The molecule has 2 aromatic carbocycles. The molecule has 26 heavy (non-hydrogen) atoms. The van der Waals surface area contributed by atoms with E-state index in [-0.39, 0.29) is 0 Å². The van der Waals surface area contributed by atoms with E-state index in [1.165, 1.54) is 0 Å². The number of aryl methyl sites for hydroxylation is 4. The van der Waals surface area contributed by atoms with Crippen molar-refractivity contribution in [3.8, 4) is 0 Å². The summed E-state index contributed by atoms with van der Waals surface area (Å²) < 4.78 is 0. The normalized spacial score (nSPS) is 11.8. The zero-order valence-corrected chi connectivity index (χ0v) is 15.0. The molecule has 0 saturated carbocycles. The summed E-state index contributed by atoms with van der Waals surface area (Å²) in [6.07, 6.45) is 0. The van der Waals surface area contributed by atoms with Crippen molar-refractivity contribution in [1.82, 2.24) is 29.9 Å². The van der Waals surface area contributed by atoms with Crippen molar-refractivity contribution < 1.29 is 0 Å². The van der Waals surface area contributed by atoms with E-state index in [2.05, 4.69) is 19.9 Å². The molecule has 0 aliphatic carbocycles. The molecule has 0 spiro atoms. The van der Waals surface area contributed by atoms with Crippen LogP contribution in [0.3, 0.4) is 0 Å². The standard InChI is InChI=1S/C20H16N6/c1-9-10(2)22-14-6-18-17(5-13(14)21-9)25-19-7-15-16(8-20(19)26-18)24-12(4)11(3)23-15/h5-8H,1-4H3. The van der Waals surface area contributed by atoms with Crippen LogP contribution in [0.15, 0.2) is 24.3 Å². The molecule has 5 aromatic rings. The monoisotopic (exact) mass is 340 g/mol. The van der Waals surface area contributed by atoms with E-state index in [0.717, 1.165) is 66.9 Å². The van der Waals surface area contributed by atoms with Crippen LogP contribution < -0.4 is 0 Å². The van der Waals surface area contributed by atoms with E-state index < -0.39 is 0 Å². The molecule has 0 unspecified atom stereocenters. The SMILES string of the molecule is Cc1nc2cc3nc4cc5nc(C)c(C)nc5cc4nc3cc2nc1C. The summed E-state index contributed by atoms with van der Waals surface area (Å²) in [5.41, 5.74) is 10.3. The highest BCUT2D eigenvalue weighted by Crippen LogP contribution is 2.24. The number of hydrogen-bond donors (Lipinski definition) is 0. The minimum Gasteiger partial charge on any atom is -0.250 e. The highest BCUT2D eigenvalue weighted by atomic mass is 14.9. The van der Waals surface area contributed by atoms with E-state index in [1.54, 1.807) is 0 Å². The quantitative estimate of drug-likeness (QED) is 0.398. The Bertz CT molecular complexity index is 1170. The van der Waals surface area contributed by atoms with E-state index in [0.29, 0.717) is 0 Å². The molecule has 0 bridgehead atoms. The van der Waals surface area contributed by atoms with Crippen LogP contribution in [0.4, 0.5) is 0 Å². The molecule has 3 heterocycles. The van der Waals surface area contributed by atoms with E-state index >= 15 is 0 Å². The van der Waals surface area contributed by atoms with Crippen LogP contribution in [-0.2, 0) is 0 Å². The maximum absolute atomic E-state index is 4.78. The largest absolute Gasteiger partial charge is 0.250 e. The number of aromatic nitrogens is 6. The van der Waals surface area contributed by atoms with Crippen molar-refractivity contribution in [2.24, 2.45) is 0 Å². The number of rotatable bonds is 0. The lowest BCUT2D eigenvalue weighted by Crippen LogP contribution is -1.97. The molecule has 0 saturated heterocycles. The van der Waals surface area contributed by atoms with Gasteiger partial charge in [-0.3, -0.25) is 0 Å². The number of benzene rings is 2. The molecular weight excluding hydrogens is 324 g/mol. The van der Waals surface area contributed by atoms with Crippen LogP contribution in [0.2, 0.25) is 0 Å². The minimum absolute atomic E-state index is 0.804. The third-order valence-electron chi connectivity index (χ3n) is 4.83. The maximum Gasteiger partial charge on any atom is 0.0917 e. The summed E-state index contributed by atoms with van der Waals surface area (Å²) in [7, 11) is 0. The zero-order chi connectivity index (χ0) is 18.0. The smallest absolute Gasteiger partial charge is 0.0917 e. The second-order valence-corrected chi connectivity index (χ2v) is 6.67. The van der Waals surface area contributed by atoms with Gasteiger partial charge in [-0.1, -0.05) is 0 Å². The van der Waals surface area contributed by atoms with Crippen molar-refractivity contribution in [3.05, 3.63) is 47.0 Å². The Morgan fingerprint density at radius 3 is 0.769 bits per heavy atom. The predicted molar refractivity (Wildman–Crippen MR) is 102 cm³/mol. The topological polar surface area (TPSA) is 77.3 Å². The van der Waals surface area contributed by atoms with Gasteiger partial charge in [-0.05, 0) is 52.0 Å². The Morgan fingerprint density at radius 1 is 0.346 bits per heavy atom. The van der Waals surface area contributed by atoms with Gasteiger partial charge in [0.2, 0.25) is 0 Å². The third kappa shape index (κ3) is 2.19. The summed E-state index contributed by atoms with van der Waals surface area (Å²) in [6.45, 7) is 7.86. The zero-order valence-electron chi connectivity index (χ0n) is 15.0. The lowest BCUT2D eigenvalue weighted by molar-refractivity contribution is 1.10. The second kappa shape index (κ2) is 5.11. The molecule has 3 aromatic heterocycles. The van der Waals surface area contributed by atoms with Gasteiger partial charge in [-0.15, -0.1) is 0 Å². The van der Waals surface area contributed by atoms with Crippen molar-refractivity contribution >= 4 is 44.1 Å². The first-order chi connectivity index (χ1) is 12.5. The molecule has 6 heteroatoms. The van der Waals surface area contributed by atoms with Gasteiger partial charge in [0, 0.05) is 0 Å². The van der Waals surface area contributed by atoms with Gasteiger partial charge in [0.15, 0.2) is 0 Å². The molecule has 0 N–H and O–H groups in total. The average molecular weight is 340 g/mol. The lowest BCUT2D eigenvalue weighted by atomic mass is 10.2. The maximum atomic E-state index is 4.78. The molecule has 5 rings (SSSR count). The van der Waals surface area contributed by atoms with Gasteiger partial charge >= 0.3 is 0 Å². The highest BCUT2D eigenvalue weighted by molar-refractivity contribution is 5.98. The fourth-order valence-corrected chi connectivity index (χ4v) is 3.13. The first-order valence-corrected chi connectivity index (χ1v) is 8.49. The first kappa shape index (κ1) is 15.0. The van der Waals surface area contributed by atoms with Gasteiger partial charge < -0.3 is 0 Å². The molecular formula is C20H16N6. The van der Waals surface area contributed by atoms with Gasteiger partial charge in [0.1, 0.15) is 0 Å². The Balaban J connectivity index is 1.86. The van der Waals surface area contributed by atoms with Gasteiger partial charge in [-0.25, -0.2) is 29.9 Å². The number of fused-ring (bicyclic) bond motifs is 4. The Hall–Kier alpha value is -3.28. The first-order valence-electron chi connectivity index (χ1n) is 8.49. The predicted octanol–water partition coefficient (Wildman–Crippen LogP) is 3.90. The van der Waals surface area contributed by atoms with Crippen LogP contribution in [0.5, 0.6) is 0 Å². The van der Waals surface area contributed by atoms with Crippen molar-refractivity contribution in [2.45, 2.75) is 27.7 Å². The molecule has 126 valence electrons. The third-order valence-corrected chi connectivity index (χ3v) is 4.83. The van der Waals surface area contributed by atoms with E-state index in [9.17, 15) is 0 Å². The molecule has 0 aliphatic heterocycles. The molecule has 0 fully saturated rings. The van der Waals surface area contributed by atoms with Crippen LogP contribution in [0.25, 0.3) is 44.1 Å². The second-order valence-electron chi connectivity index (χ2n) is 6.67. The van der Waals surface area contributed by atoms with E-state index in [1.807, 2.05) is 52.0 Å². The van der Waals surface area contributed by atoms with Crippen LogP contribution in [-0.4, -0.2) is 29.9 Å². The minimum atomic E-state index is 0.804. The lowest BCUT2D eigenvalue weighted by Gasteiger charge is -2.07. The summed E-state index contributed by atoms with van der Waals surface area (Å²) >= 11 is 0. The molecule has 0 radical (unpaired) electrons. The highest BCUT2D eigenvalue weighted by Gasteiger charge is 2.10. The van der Waals surface area contributed by atoms with Gasteiger partial charge in [-0.2, -0.15) is 0 Å². The Kier molecular flexibility index (Phi) is 2.95. The average Bonchev–Trinajstić information content (AvgIpc) is 2.59. The summed E-state index contributed by atoms with van der Waals surface area (Å²) in [6, 6.07) is 7.80. The van der Waals surface area contributed by atoms with Crippen LogP contribution in [0.1, 0.15) is 22.8 Å². The Morgan fingerprint density at radius 2 is 0.538 bits per heavy atom. The number of hydrogen-bond acceptors (Lipinski definition) is 6. The van der Waals surface area contributed by atoms with Crippen LogP contribution in [0, 0.1) is 27.7 Å². The van der Waals surface area contributed by atoms with Crippen molar-refractivity contribution in [3.63, 3.8) is 0 Å². The molecule has 0 atom stereocenters. The van der Waals surface area contributed by atoms with Crippen molar-refractivity contribution in [2.75, 3.05) is 0 Å². The molecule has 6 nitrogen and oxygen atoms in total. The summed E-state index contributed by atoms with van der Waals surface area (Å²) in [5.74, 6) is 0. The van der Waals surface area contributed by atoms with Gasteiger partial charge in [0.05, 0.1) is 66.9 Å². The molecule has 0 aliphatic rings. The summed E-state index contributed by atoms with van der Waals surface area (Å²) in [5, 5.41) is 0. The fourth-order valence-electron chi connectivity index (χ4n) is 3.13. The Labute approximate surface area is 149 Å². The van der Waals surface area contributed by atoms with Gasteiger partial charge in [0.25, 0.3) is 0 Å². The molecule has 0 amide bonds. The number of nitrogens with zero attached hydrogens (tertiary/aromatic N) is 6. The van der Waals surface area contributed by atoms with E-state index in [4.69, 9.17) is 9.97 Å².